The molecule has 2 aliphatic heterocycles. The highest BCUT2D eigenvalue weighted by Crippen LogP contribution is 2.32. The van der Waals surface area contributed by atoms with Crippen LogP contribution >= 0.6 is 0 Å². The first-order valence-electron chi connectivity index (χ1n) is 10.4. The van der Waals surface area contributed by atoms with Crippen molar-refractivity contribution in [3.8, 4) is 0 Å². The van der Waals surface area contributed by atoms with Gasteiger partial charge in [-0.3, -0.25) is 0 Å². The zero-order chi connectivity index (χ0) is 23.7. The van der Waals surface area contributed by atoms with Crippen LogP contribution in [0.1, 0.15) is 12.8 Å². The van der Waals surface area contributed by atoms with Gasteiger partial charge >= 0.3 is 0 Å². The van der Waals surface area contributed by atoms with E-state index in [1.807, 2.05) is 0 Å². The molecule has 188 valence electrons. The van der Waals surface area contributed by atoms with Crippen LogP contribution in [0.25, 0.3) is 0 Å². The Hall–Kier alpha value is -0.560. The van der Waals surface area contributed by atoms with Crippen molar-refractivity contribution in [2.24, 2.45) is 0 Å². The highest BCUT2D eigenvalue weighted by Gasteiger charge is 2.51. The molecule has 1 aliphatic carbocycles. The first kappa shape index (κ1) is 26.1. The molecule has 14 atom stereocenters. The Morgan fingerprint density at radius 1 is 0.562 bits per heavy atom. The molecule has 2 saturated heterocycles. The molecule has 32 heavy (non-hydrogen) atoms. The van der Waals surface area contributed by atoms with Crippen molar-refractivity contribution >= 4 is 0 Å². The summed E-state index contributed by atoms with van der Waals surface area (Å²) in [6.07, 6.45) is -20.8. The molecule has 3 fully saturated rings. The van der Waals surface area contributed by atoms with E-state index in [0.717, 1.165) is 0 Å². The lowest BCUT2D eigenvalue weighted by Crippen LogP contribution is -2.65. The minimum Gasteiger partial charge on any atom is -0.394 e. The summed E-state index contributed by atoms with van der Waals surface area (Å²) in [5.41, 5.74) is 0. The lowest BCUT2D eigenvalue weighted by molar-refractivity contribution is -0.366. The molecular formula is C18H32O14. The van der Waals surface area contributed by atoms with E-state index in [9.17, 15) is 51.1 Å². The number of hydrogen-bond donors (Lipinski definition) is 10. The molecule has 1 saturated carbocycles. The molecule has 14 heteroatoms. The van der Waals surface area contributed by atoms with Gasteiger partial charge in [-0.1, -0.05) is 0 Å². The Balaban J connectivity index is 1.67. The van der Waals surface area contributed by atoms with E-state index in [4.69, 9.17) is 18.9 Å². The fourth-order valence-corrected chi connectivity index (χ4v) is 4.11. The molecule has 3 rings (SSSR count). The summed E-state index contributed by atoms with van der Waals surface area (Å²) in [6.45, 7) is -1.44. The molecule has 0 aromatic rings. The van der Waals surface area contributed by atoms with Crippen molar-refractivity contribution in [3.63, 3.8) is 0 Å². The first-order valence-corrected chi connectivity index (χ1v) is 10.4. The van der Waals surface area contributed by atoms with E-state index >= 15 is 0 Å². The average molecular weight is 472 g/mol. The molecule has 0 bridgehead atoms. The van der Waals surface area contributed by atoms with Crippen molar-refractivity contribution < 1.29 is 70.0 Å². The van der Waals surface area contributed by atoms with E-state index in [1.54, 1.807) is 0 Å². The largest absolute Gasteiger partial charge is 0.394 e. The fourth-order valence-electron chi connectivity index (χ4n) is 4.11. The molecule has 0 aromatic carbocycles. The third-order valence-electron chi connectivity index (χ3n) is 6.14. The number of rotatable bonds is 6. The molecule has 2 heterocycles. The lowest BCUT2D eigenvalue weighted by atomic mass is 9.89. The Morgan fingerprint density at radius 2 is 1.12 bits per heavy atom. The van der Waals surface area contributed by atoms with Gasteiger partial charge in [-0.05, 0) is 12.8 Å². The summed E-state index contributed by atoms with van der Waals surface area (Å²) in [7, 11) is 0. The third-order valence-corrected chi connectivity index (χ3v) is 6.14. The molecule has 0 amide bonds. The van der Waals surface area contributed by atoms with Crippen molar-refractivity contribution in [3.05, 3.63) is 0 Å². The van der Waals surface area contributed by atoms with Crippen LogP contribution in [-0.2, 0) is 18.9 Å². The Morgan fingerprint density at radius 3 is 1.75 bits per heavy atom. The summed E-state index contributed by atoms with van der Waals surface area (Å²) in [5.74, 6) is 0. The van der Waals surface area contributed by atoms with Crippen LogP contribution < -0.4 is 0 Å². The summed E-state index contributed by atoms with van der Waals surface area (Å²) >= 11 is 0. The number of aliphatic hydroxyl groups excluding tert-OH is 10. The van der Waals surface area contributed by atoms with Crippen LogP contribution in [0.15, 0.2) is 0 Å². The highest BCUT2D eigenvalue weighted by molar-refractivity contribution is 4.95. The summed E-state index contributed by atoms with van der Waals surface area (Å²) in [4.78, 5) is 0. The Labute approximate surface area is 182 Å². The van der Waals surface area contributed by atoms with Gasteiger partial charge in [-0.25, -0.2) is 0 Å². The van der Waals surface area contributed by atoms with Crippen LogP contribution in [0.4, 0.5) is 0 Å². The zero-order valence-corrected chi connectivity index (χ0v) is 17.0. The zero-order valence-electron chi connectivity index (χ0n) is 17.0. The van der Waals surface area contributed by atoms with Gasteiger partial charge in [0.1, 0.15) is 61.0 Å². The average Bonchev–Trinajstić information content (AvgIpc) is 2.78. The topological polar surface area (TPSA) is 239 Å². The maximum atomic E-state index is 10.6. The predicted molar refractivity (Wildman–Crippen MR) is 98.5 cm³/mol. The summed E-state index contributed by atoms with van der Waals surface area (Å²) < 4.78 is 21.6. The second-order valence-electron chi connectivity index (χ2n) is 8.31. The second kappa shape index (κ2) is 10.8. The number of aliphatic hydroxyl groups is 10. The van der Waals surface area contributed by atoms with Gasteiger partial charge in [0.25, 0.3) is 0 Å². The Kier molecular flexibility index (Phi) is 8.79. The number of hydrogen-bond acceptors (Lipinski definition) is 14. The van der Waals surface area contributed by atoms with E-state index in [-0.39, 0.29) is 12.8 Å². The van der Waals surface area contributed by atoms with Gasteiger partial charge in [-0.15, -0.1) is 0 Å². The third kappa shape index (κ3) is 5.08. The smallest absolute Gasteiger partial charge is 0.187 e. The fraction of sp³-hybridized carbons (Fsp3) is 1.00. The molecule has 14 unspecified atom stereocenters. The molecule has 10 N–H and O–H groups in total. The van der Waals surface area contributed by atoms with E-state index < -0.39 is 99.0 Å². The van der Waals surface area contributed by atoms with Crippen molar-refractivity contribution in [1.29, 1.82) is 0 Å². The first-order chi connectivity index (χ1) is 15.1. The van der Waals surface area contributed by atoms with Crippen molar-refractivity contribution in [2.45, 2.75) is 98.7 Å². The standard InChI is InChI=1S/C18H32O14/c19-3-7-11(24)12(25)14(27)18(30-7)32-16-8(4-20)31-17(15(28)13(16)26)29-6-2-1-5(21)9(22)10(6)23/h5-28H,1-4H2. The minimum atomic E-state index is -1.78. The Bertz CT molecular complexity index is 592. The maximum absolute atomic E-state index is 10.6. The maximum Gasteiger partial charge on any atom is 0.187 e. The van der Waals surface area contributed by atoms with E-state index in [0.29, 0.717) is 0 Å². The van der Waals surface area contributed by atoms with E-state index in [2.05, 4.69) is 0 Å². The number of ether oxygens (including phenoxy) is 4. The van der Waals surface area contributed by atoms with Crippen molar-refractivity contribution in [2.75, 3.05) is 13.2 Å². The van der Waals surface area contributed by atoms with Gasteiger partial charge in [0, 0.05) is 0 Å². The highest BCUT2D eigenvalue weighted by atomic mass is 16.7. The van der Waals surface area contributed by atoms with Crippen molar-refractivity contribution in [1.82, 2.24) is 0 Å². The normalized spacial score (nSPS) is 52.7. The lowest BCUT2D eigenvalue weighted by Gasteiger charge is -2.47. The monoisotopic (exact) mass is 472 g/mol. The van der Waals surface area contributed by atoms with E-state index in [1.165, 1.54) is 0 Å². The molecule has 0 radical (unpaired) electrons. The van der Waals surface area contributed by atoms with Crippen LogP contribution in [-0.4, -0.2) is 150 Å². The quantitative estimate of drug-likeness (QED) is 0.173. The molecular weight excluding hydrogens is 440 g/mol. The van der Waals surface area contributed by atoms with Crippen LogP contribution in [0.5, 0.6) is 0 Å². The predicted octanol–water partition coefficient (Wildman–Crippen LogP) is -6.13. The van der Waals surface area contributed by atoms with Crippen LogP contribution in [0.2, 0.25) is 0 Å². The molecule has 3 aliphatic rings. The second-order valence-corrected chi connectivity index (χ2v) is 8.31. The van der Waals surface area contributed by atoms with Gasteiger partial charge in [0.2, 0.25) is 0 Å². The molecule has 14 nitrogen and oxygen atoms in total. The summed E-state index contributed by atoms with van der Waals surface area (Å²) in [5, 5.41) is 99.3. The van der Waals surface area contributed by atoms with Gasteiger partial charge in [-0.2, -0.15) is 0 Å². The van der Waals surface area contributed by atoms with Gasteiger partial charge in [0.05, 0.1) is 25.4 Å². The van der Waals surface area contributed by atoms with Gasteiger partial charge in [0.15, 0.2) is 12.6 Å². The summed E-state index contributed by atoms with van der Waals surface area (Å²) in [6, 6.07) is 0. The molecule has 0 spiro atoms. The van der Waals surface area contributed by atoms with Gasteiger partial charge < -0.3 is 70.0 Å². The van der Waals surface area contributed by atoms with Crippen LogP contribution in [0.3, 0.4) is 0 Å². The van der Waals surface area contributed by atoms with Crippen LogP contribution in [0, 0.1) is 0 Å². The minimum absolute atomic E-state index is 0.112. The molecule has 0 aromatic heterocycles. The SMILES string of the molecule is OCC1OC(OC2C(CO)OC(OC3CCC(O)C(O)C3O)C(O)C2O)C(O)C(O)C1O.